The summed E-state index contributed by atoms with van der Waals surface area (Å²) >= 11 is 12.7. The zero-order chi connectivity index (χ0) is 14.5. The van der Waals surface area contributed by atoms with E-state index < -0.39 is 0 Å². The fourth-order valence-electron chi connectivity index (χ4n) is 1.93. The monoisotopic (exact) mass is 328 g/mol. The van der Waals surface area contributed by atoms with Crippen LogP contribution < -0.4 is 0 Å². The molecule has 0 atom stereocenters. The van der Waals surface area contributed by atoms with Crippen molar-refractivity contribution in [3.05, 3.63) is 34.9 Å². The molecule has 0 aromatic heterocycles. The third-order valence-electron chi connectivity index (χ3n) is 3.25. The summed E-state index contributed by atoms with van der Waals surface area (Å²) in [5.41, 5.74) is 0.683. The predicted molar refractivity (Wildman–Crippen MR) is 89.9 cm³/mol. The van der Waals surface area contributed by atoms with Crippen molar-refractivity contribution >= 4 is 45.7 Å². The van der Waals surface area contributed by atoms with E-state index in [1.54, 1.807) is 24.3 Å². The van der Waals surface area contributed by atoms with Crippen LogP contribution in [-0.4, -0.2) is 58.9 Å². The van der Waals surface area contributed by atoms with Gasteiger partial charge in [0.1, 0.15) is 4.32 Å². The van der Waals surface area contributed by atoms with Gasteiger partial charge in [-0.05, 0) is 31.3 Å². The van der Waals surface area contributed by atoms with Crippen LogP contribution in [0.3, 0.4) is 0 Å². The molecule has 0 aliphatic carbocycles. The highest BCUT2D eigenvalue weighted by Crippen LogP contribution is 2.16. The zero-order valence-corrected chi connectivity index (χ0v) is 13.7. The second-order valence-corrected chi connectivity index (χ2v) is 6.82. The molecule has 1 aliphatic rings. The second kappa shape index (κ2) is 7.41. The third kappa shape index (κ3) is 4.45. The smallest absolute Gasteiger partial charge is 0.173 e. The molecular formula is C14H17ClN2OS2. The van der Waals surface area contributed by atoms with Gasteiger partial charge < -0.3 is 9.80 Å². The highest BCUT2D eigenvalue weighted by molar-refractivity contribution is 8.23. The zero-order valence-electron chi connectivity index (χ0n) is 11.3. The van der Waals surface area contributed by atoms with Crippen molar-refractivity contribution in [1.29, 1.82) is 0 Å². The van der Waals surface area contributed by atoms with Crippen molar-refractivity contribution in [3.8, 4) is 0 Å². The summed E-state index contributed by atoms with van der Waals surface area (Å²) < 4.78 is 0.820. The fourth-order valence-corrected chi connectivity index (χ4v) is 3.20. The van der Waals surface area contributed by atoms with Crippen LogP contribution in [0.4, 0.5) is 0 Å². The maximum atomic E-state index is 12.0. The van der Waals surface area contributed by atoms with Crippen LogP contribution in [0.2, 0.25) is 5.02 Å². The van der Waals surface area contributed by atoms with Crippen molar-refractivity contribution in [2.75, 3.05) is 39.0 Å². The Hall–Kier alpha value is -0.620. The average Bonchev–Trinajstić information content (AvgIpc) is 2.46. The van der Waals surface area contributed by atoms with Gasteiger partial charge in [-0.1, -0.05) is 35.6 Å². The number of hydrogen-bond donors (Lipinski definition) is 0. The van der Waals surface area contributed by atoms with Crippen molar-refractivity contribution in [2.45, 2.75) is 0 Å². The van der Waals surface area contributed by atoms with E-state index in [2.05, 4.69) is 16.8 Å². The SMILES string of the molecule is CN1CCN(C(=S)SCC(=O)c2ccc(Cl)cc2)CC1. The van der Waals surface area contributed by atoms with E-state index in [1.807, 2.05) is 0 Å². The Balaban J connectivity index is 1.81. The molecule has 0 spiro atoms. The molecular weight excluding hydrogens is 312 g/mol. The first-order chi connectivity index (χ1) is 9.56. The van der Waals surface area contributed by atoms with Gasteiger partial charge >= 0.3 is 0 Å². The maximum Gasteiger partial charge on any atom is 0.173 e. The molecule has 3 nitrogen and oxygen atoms in total. The topological polar surface area (TPSA) is 23.6 Å². The van der Waals surface area contributed by atoms with Crippen molar-refractivity contribution in [2.24, 2.45) is 0 Å². The van der Waals surface area contributed by atoms with Gasteiger partial charge in [-0.25, -0.2) is 0 Å². The normalized spacial score (nSPS) is 16.2. The number of thioether (sulfide) groups is 1. The summed E-state index contributed by atoms with van der Waals surface area (Å²) in [7, 11) is 2.11. The molecule has 1 aliphatic heterocycles. The van der Waals surface area contributed by atoms with E-state index in [-0.39, 0.29) is 5.78 Å². The molecule has 20 heavy (non-hydrogen) atoms. The van der Waals surface area contributed by atoms with Gasteiger partial charge in [0.15, 0.2) is 5.78 Å². The number of carbonyl (C=O) groups is 1. The fraction of sp³-hybridized carbons (Fsp3) is 0.429. The Bertz CT molecular complexity index is 484. The molecule has 1 aromatic rings. The minimum absolute atomic E-state index is 0.0862. The standard InChI is InChI=1S/C14H17ClN2OS2/c1-16-6-8-17(9-7-16)14(19)20-10-13(18)11-2-4-12(15)5-3-11/h2-5H,6-10H2,1H3. The number of halogens is 1. The Morgan fingerprint density at radius 1 is 1.25 bits per heavy atom. The summed E-state index contributed by atoms with van der Waals surface area (Å²) in [6.45, 7) is 3.92. The summed E-state index contributed by atoms with van der Waals surface area (Å²) in [6, 6.07) is 6.98. The number of likely N-dealkylation sites (N-methyl/N-ethyl adjacent to an activating group) is 1. The number of piperazine rings is 1. The first-order valence-electron chi connectivity index (χ1n) is 6.45. The molecule has 2 rings (SSSR count). The quantitative estimate of drug-likeness (QED) is 0.627. The van der Waals surface area contributed by atoms with E-state index in [0.29, 0.717) is 16.3 Å². The molecule has 1 aromatic carbocycles. The molecule has 0 bridgehead atoms. The number of thiocarbonyl (C=S) groups is 1. The Morgan fingerprint density at radius 2 is 1.85 bits per heavy atom. The van der Waals surface area contributed by atoms with Crippen LogP contribution in [0.5, 0.6) is 0 Å². The van der Waals surface area contributed by atoms with E-state index in [9.17, 15) is 4.79 Å². The van der Waals surface area contributed by atoms with E-state index in [4.69, 9.17) is 23.8 Å². The van der Waals surface area contributed by atoms with Gasteiger partial charge in [0, 0.05) is 36.8 Å². The summed E-state index contributed by atoms with van der Waals surface area (Å²) in [5, 5.41) is 0.641. The largest absolute Gasteiger partial charge is 0.355 e. The van der Waals surface area contributed by atoms with Gasteiger partial charge in [-0.2, -0.15) is 0 Å². The summed E-state index contributed by atoms with van der Waals surface area (Å²) in [6.07, 6.45) is 0. The van der Waals surface area contributed by atoms with Crippen molar-refractivity contribution < 1.29 is 4.79 Å². The van der Waals surface area contributed by atoms with Crippen LogP contribution in [0.15, 0.2) is 24.3 Å². The molecule has 0 amide bonds. The molecule has 6 heteroatoms. The first-order valence-corrected chi connectivity index (χ1v) is 8.22. The average molecular weight is 329 g/mol. The summed E-state index contributed by atoms with van der Waals surface area (Å²) in [5.74, 6) is 0.468. The second-order valence-electron chi connectivity index (χ2n) is 4.77. The lowest BCUT2D eigenvalue weighted by Crippen LogP contribution is -2.45. The number of hydrogen-bond acceptors (Lipinski definition) is 4. The number of nitrogens with zero attached hydrogens (tertiary/aromatic N) is 2. The summed E-state index contributed by atoms with van der Waals surface area (Å²) in [4.78, 5) is 16.5. The molecule has 0 saturated carbocycles. The Kier molecular flexibility index (Phi) is 5.84. The van der Waals surface area contributed by atoms with Gasteiger partial charge in [-0.15, -0.1) is 0 Å². The molecule has 0 N–H and O–H groups in total. The van der Waals surface area contributed by atoms with E-state index >= 15 is 0 Å². The lowest BCUT2D eigenvalue weighted by molar-refractivity contribution is 0.102. The number of ketones is 1. The highest BCUT2D eigenvalue weighted by atomic mass is 35.5. The van der Waals surface area contributed by atoms with E-state index in [1.165, 1.54) is 11.8 Å². The molecule has 1 fully saturated rings. The molecule has 0 unspecified atom stereocenters. The Morgan fingerprint density at radius 3 is 2.45 bits per heavy atom. The van der Waals surface area contributed by atoms with Crippen LogP contribution in [0.1, 0.15) is 10.4 Å². The molecule has 1 saturated heterocycles. The number of Topliss-reactive ketones (excluding diaryl/α,β-unsaturated/α-hetero) is 1. The van der Waals surface area contributed by atoms with Crippen molar-refractivity contribution in [3.63, 3.8) is 0 Å². The maximum absolute atomic E-state index is 12.0. The lowest BCUT2D eigenvalue weighted by atomic mass is 10.1. The van der Waals surface area contributed by atoms with E-state index in [0.717, 1.165) is 30.5 Å². The first kappa shape index (κ1) is 15.8. The highest BCUT2D eigenvalue weighted by Gasteiger charge is 2.17. The van der Waals surface area contributed by atoms with Gasteiger partial charge in [0.05, 0.1) is 5.75 Å². The van der Waals surface area contributed by atoms with Gasteiger partial charge in [0.25, 0.3) is 0 Å². The Labute approximate surface area is 134 Å². The van der Waals surface area contributed by atoms with Crippen molar-refractivity contribution in [1.82, 2.24) is 9.80 Å². The van der Waals surface area contributed by atoms with Crippen LogP contribution in [0, 0.1) is 0 Å². The molecule has 108 valence electrons. The molecule has 1 heterocycles. The van der Waals surface area contributed by atoms with Crippen LogP contribution >= 0.6 is 35.6 Å². The minimum atomic E-state index is 0.0862. The lowest BCUT2D eigenvalue weighted by Gasteiger charge is -2.33. The van der Waals surface area contributed by atoms with Gasteiger partial charge in [0.2, 0.25) is 0 Å². The van der Waals surface area contributed by atoms with Crippen LogP contribution in [-0.2, 0) is 0 Å². The number of benzene rings is 1. The van der Waals surface area contributed by atoms with Crippen LogP contribution in [0.25, 0.3) is 0 Å². The number of rotatable bonds is 3. The third-order valence-corrected chi connectivity index (χ3v) is 5.03. The predicted octanol–water partition coefficient (Wildman–Crippen LogP) is 2.79. The minimum Gasteiger partial charge on any atom is -0.355 e. The molecule has 0 radical (unpaired) electrons. The van der Waals surface area contributed by atoms with Gasteiger partial charge in [-0.3, -0.25) is 4.79 Å². The number of carbonyl (C=O) groups excluding carboxylic acids is 1.